The Kier molecular flexibility index (Phi) is 9.73. The molecule has 29 heavy (non-hydrogen) atoms. The minimum atomic E-state index is -0.686. The Balaban J connectivity index is 0.00000420. The van der Waals surface area contributed by atoms with E-state index in [9.17, 15) is 9.59 Å². The summed E-state index contributed by atoms with van der Waals surface area (Å²) in [7, 11) is 0. The van der Waals surface area contributed by atoms with Crippen LogP contribution in [0.1, 0.15) is 59.8 Å². The van der Waals surface area contributed by atoms with Crippen molar-refractivity contribution in [1.29, 1.82) is 0 Å². The number of hydrogen-bond donors (Lipinski definition) is 3. The Morgan fingerprint density at radius 2 is 1.83 bits per heavy atom. The molecule has 2 atom stereocenters. The van der Waals surface area contributed by atoms with Gasteiger partial charge in [0, 0.05) is 29.6 Å². The molecule has 0 aliphatic carbocycles. The SMILES string of the molecule is CC[C@@H](N[C@H](C)CC(N)=O)c1ccc(Cl)c(C(=O)c2ccc(CO)cc2)c1F.Cl. The Labute approximate surface area is 180 Å². The smallest absolute Gasteiger partial charge is 0.218 e. The molecular formula is C21H25Cl2FN2O3. The maximum absolute atomic E-state index is 15.3. The first-order chi connectivity index (χ1) is 13.3. The Morgan fingerprint density at radius 1 is 1.21 bits per heavy atom. The first-order valence-electron chi connectivity index (χ1n) is 9.05. The summed E-state index contributed by atoms with van der Waals surface area (Å²) in [4.78, 5) is 24.0. The van der Waals surface area contributed by atoms with Crippen molar-refractivity contribution in [3.05, 3.63) is 69.5 Å². The van der Waals surface area contributed by atoms with Crippen LogP contribution in [-0.4, -0.2) is 22.8 Å². The van der Waals surface area contributed by atoms with E-state index in [4.69, 9.17) is 22.4 Å². The molecular weight excluding hydrogens is 418 g/mol. The van der Waals surface area contributed by atoms with Crippen LogP contribution in [0, 0.1) is 5.82 Å². The highest BCUT2D eigenvalue weighted by Gasteiger charge is 2.25. The quantitative estimate of drug-likeness (QED) is 0.512. The molecule has 0 radical (unpaired) electrons. The summed E-state index contributed by atoms with van der Waals surface area (Å²) in [5.41, 5.74) is 6.25. The monoisotopic (exact) mass is 442 g/mol. The highest BCUT2D eigenvalue weighted by atomic mass is 35.5. The molecule has 0 aliphatic heterocycles. The number of rotatable bonds is 9. The van der Waals surface area contributed by atoms with Crippen molar-refractivity contribution in [2.75, 3.05) is 0 Å². The summed E-state index contributed by atoms with van der Waals surface area (Å²) in [6.07, 6.45) is 0.662. The fourth-order valence-electron chi connectivity index (χ4n) is 3.08. The van der Waals surface area contributed by atoms with Crippen LogP contribution in [0.2, 0.25) is 5.02 Å². The van der Waals surface area contributed by atoms with E-state index in [2.05, 4.69) is 5.32 Å². The summed E-state index contributed by atoms with van der Waals surface area (Å²) in [5, 5.41) is 12.3. The molecule has 2 aromatic rings. The lowest BCUT2D eigenvalue weighted by molar-refractivity contribution is -0.118. The molecule has 2 aromatic carbocycles. The van der Waals surface area contributed by atoms with Crippen molar-refractivity contribution in [2.45, 2.75) is 45.4 Å². The van der Waals surface area contributed by atoms with Gasteiger partial charge >= 0.3 is 0 Å². The molecule has 0 fully saturated rings. The number of nitrogens with two attached hydrogens (primary N) is 1. The number of amides is 1. The second-order valence-corrected chi connectivity index (χ2v) is 7.12. The second kappa shape index (κ2) is 11.3. The van der Waals surface area contributed by atoms with Gasteiger partial charge in [-0.15, -0.1) is 12.4 Å². The summed E-state index contributed by atoms with van der Waals surface area (Å²) < 4.78 is 15.3. The number of aliphatic hydroxyl groups is 1. The maximum atomic E-state index is 15.3. The molecule has 5 nitrogen and oxygen atoms in total. The Bertz CT molecular complexity index is 860. The fraction of sp³-hybridized carbons (Fsp3) is 0.333. The van der Waals surface area contributed by atoms with Crippen molar-refractivity contribution >= 4 is 35.7 Å². The van der Waals surface area contributed by atoms with Gasteiger partial charge in [0.25, 0.3) is 0 Å². The third-order valence-corrected chi connectivity index (χ3v) is 4.84. The lowest BCUT2D eigenvalue weighted by Gasteiger charge is -2.23. The van der Waals surface area contributed by atoms with Crippen LogP contribution < -0.4 is 11.1 Å². The summed E-state index contributed by atoms with van der Waals surface area (Å²) in [5.74, 6) is -1.67. The van der Waals surface area contributed by atoms with Crippen molar-refractivity contribution in [2.24, 2.45) is 5.73 Å². The topological polar surface area (TPSA) is 92.4 Å². The van der Waals surface area contributed by atoms with Crippen LogP contribution in [-0.2, 0) is 11.4 Å². The molecule has 158 valence electrons. The van der Waals surface area contributed by atoms with Gasteiger partial charge in [-0.25, -0.2) is 4.39 Å². The van der Waals surface area contributed by atoms with Crippen LogP contribution in [0.25, 0.3) is 0 Å². The Morgan fingerprint density at radius 3 is 2.34 bits per heavy atom. The molecule has 2 rings (SSSR count). The number of carbonyl (C=O) groups is 2. The highest BCUT2D eigenvalue weighted by Crippen LogP contribution is 2.30. The van der Waals surface area contributed by atoms with E-state index in [1.807, 2.05) is 6.92 Å². The van der Waals surface area contributed by atoms with Gasteiger partial charge in [0.2, 0.25) is 5.91 Å². The van der Waals surface area contributed by atoms with E-state index in [1.165, 1.54) is 18.2 Å². The largest absolute Gasteiger partial charge is 0.392 e. The predicted octanol–water partition coefficient (Wildman–Crippen LogP) is 3.93. The zero-order valence-electron chi connectivity index (χ0n) is 16.2. The lowest BCUT2D eigenvalue weighted by atomic mass is 9.95. The van der Waals surface area contributed by atoms with Crippen molar-refractivity contribution in [3.8, 4) is 0 Å². The van der Waals surface area contributed by atoms with Gasteiger partial charge in [0.15, 0.2) is 5.78 Å². The average Bonchev–Trinajstić information content (AvgIpc) is 2.66. The molecule has 0 unspecified atom stereocenters. The normalized spacial score (nSPS) is 12.7. The number of hydrogen-bond acceptors (Lipinski definition) is 4. The predicted molar refractivity (Wildman–Crippen MR) is 114 cm³/mol. The van der Waals surface area contributed by atoms with Gasteiger partial charge in [0.1, 0.15) is 5.82 Å². The average molecular weight is 443 g/mol. The van der Waals surface area contributed by atoms with E-state index in [0.29, 0.717) is 17.5 Å². The molecule has 8 heteroatoms. The number of primary amides is 1. The van der Waals surface area contributed by atoms with E-state index in [1.54, 1.807) is 25.1 Å². The van der Waals surface area contributed by atoms with Crippen LogP contribution in [0.4, 0.5) is 4.39 Å². The second-order valence-electron chi connectivity index (χ2n) is 6.71. The molecule has 0 saturated heterocycles. The zero-order valence-corrected chi connectivity index (χ0v) is 17.8. The molecule has 0 aromatic heterocycles. The first-order valence-corrected chi connectivity index (χ1v) is 9.43. The molecule has 0 spiro atoms. The summed E-state index contributed by atoms with van der Waals surface area (Å²) >= 11 is 6.14. The van der Waals surface area contributed by atoms with Crippen LogP contribution in [0.15, 0.2) is 36.4 Å². The number of ketones is 1. The molecule has 0 aliphatic rings. The van der Waals surface area contributed by atoms with E-state index in [0.717, 1.165) is 0 Å². The van der Waals surface area contributed by atoms with Gasteiger partial charge in [0.05, 0.1) is 17.2 Å². The van der Waals surface area contributed by atoms with Crippen LogP contribution in [0.3, 0.4) is 0 Å². The van der Waals surface area contributed by atoms with Crippen molar-refractivity contribution < 1.29 is 19.1 Å². The number of halogens is 3. The third-order valence-electron chi connectivity index (χ3n) is 4.52. The zero-order chi connectivity index (χ0) is 20.8. The molecule has 1 amide bonds. The number of benzene rings is 2. The van der Waals surface area contributed by atoms with Gasteiger partial charge < -0.3 is 16.2 Å². The molecule has 0 saturated carbocycles. The fourth-order valence-corrected chi connectivity index (χ4v) is 3.32. The number of carbonyl (C=O) groups excluding carboxylic acids is 2. The van der Waals surface area contributed by atoms with Crippen LogP contribution in [0.5, 0.6) is 0 Å². The third kappa shape index (κ3) is 6.24. The van der Waals surface area contributed by atoms with Crippen molar-refractivity contribution in [1.82, 2.24) is 5.32 Å². The minimum absolute atomic E-state index is 0. The summed E-state index contributed by atoms with van der Waals surface area (Å²) in [6, 6.07) is 8.65. The minimum Gasteiger partial charge on any atom is -0.392 e. The van der Waals surface area contributed by atoms with Crippen LogP contribution >= 0.6 is 24.0 Å². The molecule has 0 heterocycles. The van der Waals surface area contributed by atoms with E-state index >= 15 is 4.39 Å². The highest BCUT2D eigenvalue weighted by molar-refractivity contribution is 6.35. The maximum Gasteiger partial charge on any atom is 0.218 e. The number of nitrogens with one attached hydrogen (secondary N) is 1. The van der Waals surface area contributed by atoms with E-state index in [-0.39, 0.29) is 47.6 Å². The number of aliphatic hydroxyl groups excluding tert-OH is 1. The first kappa shape index (κ1) is 25.0. The van der Waals surface area contributed by atoms with Gasteiger partial charge in [-0.05, 0) is 25.0 Å². The van der Waals surface area contributed by atoms with Gasteiger partial charge in [-0.2, -0.15) is 0 Å². The van der Waals surface area contributed by atoms with Crippen molar-refractivity contribution in [3.63, 3.8) is 0 Å². The standard InChI is InChI=1S/C21H24ClFN2O3.ClH/c1-3-17(25-12(2)10-18(24)27)15-8-9-16(22)19(20(15)23)21(28)14-6-4-13(11-26)5-7-14;/h4-9,12,17,25-26H,3,10-11H2,1-2H3,(H2,24,27);1H/t12-,17-;/m1./s1. The molecule has 0 bridgehead atoms. The van der Waals surface area contributed by atoms with E-state index < -0.39 is 23.5 Å². The molecule has 4 N–H and O–H groups in total. The lowest BCUT2D eigenvalue weighted by Crippen LogP contribution is -2.34. The van der Waals surface area contributed by atoms with Gasteiger partial charge in [-0.3, -0.25) is 9.59 Å². The summed E-state index contributed by atoms with van der Waals surface area (Å²) in [6.45, 7) is 3.51. The van der Waals surface area contributed by atoms with Gasteiger partial charge in [-0.1, -0.05) is 48.9 Å². The Hall–Kier alpha value is -1.99.